The van der Waals surface area contributed by atoms with Gasteiger partial charge in [-0.3, -0.25) is 14.2 Å². The van der Waals surface area contributed by atoms with Crippen LogP contribution in [0.15, 0.2) is 35.5 Å². The number of carboxylic acids is 1. The molecule has 3 heterocycles. The molecule has 1 aromatic carbocycles. The summed E-state index contributed by atoms with van der Waals surface area (Å²) in [6, 6.07) is 2.94. The molecule has 1 aliphatic carbocycles. The SMILES string of the molecule is CNc1cc(F)c(F)c2c1Cc1ncc(-c3cc(C)c4ncc(C(=O)O)c(=O)n4c3)c(N(C)C)c1-2. The molecule has 0 saturated heterocycles. The number of hydrogen-bond acceptors (Lipinski definition) is 6. The monoisotopic (exact) mass is 477 g/mol. The van der Waals surface area contributed by atoms with Crippen molar-refractivity contribution in [2.45, 2.75) is 13.3 Å². The molecule has 0 atom stereocenters. The minimum absolute atomic E-state index is 0.159. The molecule has 4 aromatic rings. The van der Waals surface area contributed by atoms with Crippen LogP contribution in [-0.4, -0.2) is 46.6 Å². The fourth-order valence-electron chi connectivity index (χ4n) is 4.76. The predicted octanol–water partition coefficient (Wildman–Crippen LogP) is 3.72. The van der Waals surface area contributed by atoms with Gasteiger partial charge in [0, 0.05) is 80.2 Å². The summed E-state index contributed by atoms with van der Waals surface area (Å²) in [5.74, 6) is -3.28. The van der Waals surface area contributed by atoms with Crippen LogP contribution in [0.1, 0.15) is 27.2 Å². The molecule has 5 rings (SSSR count). The lowest BCUT2D eigenvalue weighted by atomic mass is 9.97. The number of pyridine rings is 2. The summed E-state index contributed by atoms with van der Waals surface area (Å²) in [6.07, 6.45) is 4.51. The normalized spacial score (nSPS) is 11.9. The minimum Gasteiger partial charge on any atom is -0.477 e. The van der Waals surface area contributed by atoms with Gasteiger partial charge in [-0.15, -0.1) is 0 Å². The highest BCUT2D eigenvalue weighted by Gasteiger charge is 2.32. The molecule has 0 amide bonds. The molecule has 35 heavy (non-hydrogen) atoms. The van der Waals surface area contributed by atoms with Crippen LogP contribution in [0.4, 0.5) is 20.2 Å². The molecule has 0 spiro atoms. The number of nitrogens with one attached hydrogen (secondary N) is 1. The Morgan fingerprint density at radius 3 is 2.57 bits per heavy atom. The van der Waals surface area contributed by atoms with Crippen LogP contribution >= 0.6 is 0 Å². The second kappa shape index (κ2) is 7.86. The molecular formula is C25H21F2N5O3. The van der Waals surface area contributed by atoms with E-state index >= 15 is 4.39 Å². The molecule has 1 aliphatic rings. The third-order valence-electron chi connectivity index (χ3n) is 6.30. The Morgan fingerprint density at radius 2 is 1.91 bits per heavy atom. The van der Waals surface area contributed by atoms with E-state index in [4.69, 9.17) is 0 Å². The highest BCUT2D eigenvalue weighted by Crippen LogP contribution is 2.49. The summed E-state index contributed by atoms with van der Waals surface area (Å²) >= 11 is 0. The first-order valence-electron chi connectivity index (χ1n) is 10.8. The van der Waals surface area contributed by atoms with E-state index in [2.05, 4.69) is 15.3 Å². The molecule has 0 unspecified atom stereocenters. The van der Waals surface area contributed by atoms with E-state index in [1.54, 1.807) is 45.2 Å². The van der Waals surface area contributed by atoms with Gasteiger partial charge in [-0.05, 0) is 24.1 Å². The van der Waals surface area contributed by atoms with Gasteiger partial charge in [0.05, 0.1) is 11.4 Å². The van der Waals surface area contributed by atoms with Gasteiger partial charge in [0.1, 0.15) is 11.2 Å². The van der Waals surface area contributed by atoms with Gasteiger partial charge in [0.2, 0.25) is 0 Å². The molecule has 0 aliphatic heterocycles. The number of carboxylic acid groups (broad SMARTS) is 1. The van der Waals surface area contributed by atoms with Crippen LogP contribution in [0, 0.1) is 18.6 Å². The Bertz CT molecular complexity index is 1630. The van der Waals surface area contributed by atoms with Gasteiger partial charge in [-0.1, -0.05) is 0 Å². The van der Waals surface area contributed by atoms with E-state index in [0.29, 0.717) is 57.0 Å². The maximum absolute atomic E-state index is 15.2. The van der Waals surface area contributed by atoms with Crippen molar-refractivity contribution in [3.63, 3.8) is 0 Å². The lowest BCUT2D eigenvalue weighted by Gasteiger charge is -2.22. The third kappa shape index (κ3) is 3.24. The topological polar surface area (TPSA) is 99.8 Å². The van der Waals surface area contributed by atoms with Crippen LogP contribution < -0.4 is 15.8 Å². The third-order valence-corrected chi connectivity index (χ3v) is 6.30. The van der Waals surface area contributed by atoms with Crippen molar-refractivity contribution in [2.24, 2.45) is 0 Å². The predicted molar refractivity (Wildman–Crippen MR) is 128 cm³/mol. The van der Waals surface area contributed by atoms with Crippen molar-refractivity contribution in [3.05, 3.63) is 75.1 Å². The fraction of sp³-hybridized carbons (Fsp3) is 0.200. The summed E-state index contributed by atoms with van der Waals surface area (Å²) in [7, 11) is 5.23. The molecule has 178 valence electrons. The smallest absolute Gasteiger partial charge is 0.342 e. The Kier molecular flexibility index (Phi) is 5.04. The number of halogens is 2. The van der Waals surface area contributed by atoms with E-state index < -0.39 is 28.7 Å². The number of carbonyl (C=O) groups is 1. The van der Waals surface area contributed by atoms with Gasteiger partial charge in [0.25, 0.3) is 5.56 Å². The van der Waals surface area contributed by atoms with Crippen LogP contribution in [0.25, 0.3) is 27.9 Å². The largest absolute Gasteiger partial charge is 0.477 e. The van der Waals surface area contributed by atoms with Crippen LogP contribution in [-0.2, 0) is 6.42 Å². The first-order chi connectivity index (χ1) is 16.6. The zero-order valence-electron chi connectivity index (χ0n) is 19.4. The van der Waals surface area contributed by atoms with Crippen molar-refractivity contribution in [2.75, 3.05) is 31.4 Å². The fourth-order valence-corrected chi connectivity index (χ4v) is 4.76. The Balaban J connectivity index is 1.84. The summed E-state index contributed by atoms with van der Waals surface area (Å²) < 4.78 is 30.9. The Morgan fingerprint density at radius 1 is 1.17 bits per heavy atom. The number of aromatic carboxylic acids is 1. The zero-order chi connectivity index (χ0) is 25.2. The molecule has 10 heteroatoms. The summed E-state index contributed by atoms with van der Waals surface area (Å²) in [4.78, 5) is 34.8. The zero-order valence-corrected chi connectivity index (χ0v) is 19.4. The molecule has 2 N–H and O–H groups in total. The highest BCUT2D eigenvalue weighted by atomic mass is 19.2. The van der Waals surface area contributed by atoms with Gasteiger partial charge in [0.15, 0.2) is 11.6 Å². The maximum Gasteiger partial charge on any atom is 0.342 e. The van der Waals surface area contributed by atoms with Gasteiger partial charge in [-0.2, -0.15) is 0 Å². The van der Waals surface area contributed by atoms with E-state index in [0.717, 1.165) is 12.3 Å². The molecular weight excluding hydrogens is 456 g/mol. The Labute approximate surface area is 198 Å². The minimum atomic E-state index is -1.37. The van der Waals surface area contributed by atoms with Gasteiger partial charge >= 0.3 is 5.97 Å². The van der Waals surface area contributed by atoms with Crippen LogP contribution in [0.5, 0.6) is 0 Å². The summed E-state index contributed by atoms with van der Waals surface area (Å²) in [5, 5.41) is 12.3. The van der Waals surface area contributed by atoms with E-state index in [9.17, 15) is 19.1 Å². The lowest BCUT2D eigenvalue weighted by Crippen LogP contribution is -2.23. The number of nitrogens with zero attached hydrogens (tertiary/aromatic N) is 4. The van der Waals surface area contributed by atoms with Crippen molar-refractivity contribution in [3.8, 4) is 22.3 Å². The van der Waals surface area contributed by atoms with Gasteiger partial charge in [-0.25, -0.2) is 18.6 Å². The van der Waals surface area contributed by atoms with E-state index in [1.807, 2.05) is 0 Å². The van der Waals surface area contributed by atoms with E-state index in [-0.39, 0.29) is 5.56 Å². The number of anilines is 2. The van der Waals surface area contributed by atoms with Crippen molar-refractivity contribution in [1.29, 1.82) is 0 Å². The maximum atomic E-state index is 15.2. The first-order valence-corrected chi connectivity index (χ1v) is 10.8. The van der Waals surface area contributed by atoms with Crippen LogP contribution in [0.3, 0.4) is 0 Å². The second-order valence-electron chi connectivity index (χ2n) is 8.62. The standard InChI is InChI=1S/C25H21F2N5O3/c1-11-5-12(10-32-23(11)30-9-15(24(32)33)25(34)35)14-8-29-18-6-13-17(28-2)7-16(26)21(27)19(13)20(18)22(14)31(3)4/h5,7-10,28H,6H2,1-4H3,(H,34,35). The number of benzene rings is 1. The number of hydrogen-bond donors (Lipinski definition) is 2. The first kappa shape index (κ1) is 22.5. The molecule has 0 fully saturated rings. The van der Waals surface area contributed by atoms with E-state index in [1.165, 1.54) is 10.6 Å². The number of fused-ring (bicyclic) bond motifs is 4. The number of aryl methyl sites for hydroxylation is 1. The highest BCUT2D eigenvalue weighted by molar-refractivity contribution is 5.96. The van der Waals surface area contributed by atoms with Crippen LogP contribution in [0.2, 0.25) is 0 Å². The van der Waals surface area contributed by atoms with Gasteiger partial charge < -0.3 is 15.3 Å². The summed E-state index contributed by atoms with van der Waals surface area (Å²) in [6.45, 7) is 1.76. The quantitative estimate of drug-likeness (QED) is 0.407. The molecule has 0 saturated carbocycles. The lowest BCUT2D eigenvalue weighted by molar-refractivity contribution is 0.0694. The molecule has 0 bridgehead atoms. The number of aromatic nitrogens is 3. The second-order valence-corrected chi connectivity index (χ2v) is 8.62. The molecule has 8 nitrogen and oxygen atoms in total. The van der Waals surface area contributed by atoms with Crippen molar-refractivity contribution in [1.82, 2.24) is 14.4 Å². The summed E-state index contributed by atoms with van der Waals surface area (Å²) in [5.41, 5.74) is 3.89. The average molecular weight is 477 g/mol. The molecule has 3 aromatic heterocycles. The average Bonchev–Trinajstić information content (AvgIpc) is 3.20. The Hall–Kier alpha value is -4.34. The molecule has 0 radical (unpaired) electrons. The van der Waals surface area contributed by atoms with Crippen molar-refractivity contribution >= 4 is 23.0 Å². The van der Waals surface area contributed by atoms with Crippen molar-refractivity contribution < 1.29 is 18.7 Å². The number of rotatable bonds is 4.